The van der Waals surface area contributed by atoms with E-state index in [2.05, 4.69) is 9.97 Å². The maximum atomic E-state index is 14.8. The van der Waals surface area contributed by atoms with Crippen molar-refractivity contribution >= 4 is 11.6 Å². The number of imidazole rings is 1. The molecule has 2 fully saturated rings. The fourth-order valence-corrected chi connectivity index (χ4v) is 4.93. The Kier molecular flexibility index (Phi) is 5.89. The van der Waals surface area contributed by atoms with Crippen LogP contribution in [-0.2, 0) is 26.1 Å². The summed E-state index contributed by atoms with van der Waals surface area (Å²) in [6.07, 6.45) is 9.01. The van der Waals surface area contributed by atoms with Crippen LogP contribution >= 0.6 is 0 Å². The van der Waals surface area contributed by atoms with E-state index >= 15 is 0 Å². The highest BCUT2D eigenvalue weighted by atomic mass is 19.1. The molecule has 4 heterocycles. The fourth-order valence-electron chi connectivity index (χ4n) is 4.93. The molecule has 0 unspecified atom stereocenters. The average molecular weight is 439 g/mol. The average Bonchev–Trinajstić information content (AvgIpc) is 3.16. The second-order valence-corrected chi connectivity index (χ2v) is 8.64. The summed E-state index contributed by atoms with van der Waals surface area (Å²) in [4.78, 5) is 24.6. The maximum Gasteiger partial charge on any atom is 0.233 e. The second-order valence-electron chi connectivity index (χ2n) is 8.64. The molecular weight excluding hydrogens is 411 g/mol. The lowest BCUT2D eigenvalue weighted by Gasteiger charge is -2.40. The normalized spacial score (nSPS) is 21.4. The zero-order chi connectivity index (χ0) is 22.0. The zero-order valence-electron chi connectivity index (χ0n) is 18.0. The molecule has 2 aromatic heterocycles. The van der Waals surface area contributed by atoms with Gasteiger partial charge in [-0.3, -0.25) is 9.78 Å². The summed E-state index contributed by atoms with van der Waals surface area (Å²) in [6.45, 7) is 2.98. The minimum atomic E-state index is -0.896. The van der Waals surface area contributed by atoms with E-state index in [1.54, 1.807) is 30.6 Å². The van der Waals surface area contributed by atoms with Crippen molar-refractivity contribution in [3.05, 3.63) is 66.1 Å². The van der Waals surface area contributed by atoms with Crippen molar-refractivity contribution in [3.8, 4) is 0 Å². The third-order valence-corrected chi connectivity index (χ3v) is 6.60. The number of hydrogen-bond acceptors (Lipinski definition) is 5. The van der Waals surface area contributed by atoms with Crippen molar-refractivity contribution < 1.29 is 18.7 Å². The lowest BCUT2D eigenvalue weighted by molar-refractivity contribution is -0.142. The third kappa shape index (κ3) is 4.00. The molecule has 1 aromatic carbocycles. The zero-order valence-corrected chi connectivity index (χ0v) is 18.0. The first-order valence-electron chi connectivity index (χ1n) is 11.1. The molecule has 7 nitrogen and oxygen atoms in total. The van der Waals surface area contributed by atoms with Gasteiger partial charge in [0.2, 0.25) is 5.91 Å². The lowest BCUT2D eigenvalue weighted by Crippen LogP contribution is -2.51. The quantitative estimate of drug-likeness (QED) is 0.627. The van der Waals surface area contributed by atoms with Gasteiger partial charge in [-0.05, 0) is 25.3 Å². The number of benzene rings is 1. The van der Waals surface area contributed by atoms with Gasteiger partial charge in [0.1, 0.15) is 5.82 Å². The van der Waals surface area contributed by atoms with Crippen molar-refractivity contribution in [2.24, 2.45) is 5.92 Å². The van der Waals surface area contributed by atoms with Gasteiger partial charge < -0.3 is 18.8 Å². The Morgan fingerprint density at radius 2 is 2.00 bits per heavy atom. The summed E-state index contributed by atoms with van der Waals surface area (Å²) in [5, 5.41) is 0. The number of rotatable bonds is 4. The van der Waals surface area contributed by atoms with E-state index < -0.39 is 5.41 Å². The van der Waals surface area contributed by atoms with E-state index in [-0.39, 0.29) is 17.6 Å². The van der Waals surface area contributed by atoms with E-state index in [1.165, 1.54) is 6.07 Å². The number of amides is 1. The Balaban J connectivity index is 1.39. The smallest absolute Gasteiger partial charge is 0.233 e. The predicted octanol–water partition coefficient (Wildman–Crippen LogP) is 2.63. The van der Waals surface area contributed by atoms with Gasteiger partial charge >= 0.3 is 0 Å². The van der Waals surface area contributed by atoms with Gasteiger partial charge in [0.05, 0.1) is 30.5 Å². The SMILES string of the molecule is O=C(N1CCOC[C@@H](Cc2cn3ccnc3cn2)C1)C1(c2ccccc2F)CCOCC1. The Morgan fingerprint density at radius 3 is 2.84 bits per heavy atom. The number of fused-ring (bicyclic) bond motifs is 1. The van der Waals surface area contributed by atoms with Crippen LogP contribution in [-0.4, -0.2) is 64.7 Å². The molecule has 2 saturated heterocycles. The Hall–Kier alpha value is -2.84. The molecule has 0 aliphatic carbocycles. The van der Waals surface area contributed by atoms with Crippen LogP contribution in [0, 0.1) is 11.7 Å². The molecule has 8 heteroatoms. The molecule has 0 N–H and O–H groups in total. The number of aromatic nitrogens is 3. The summed E-state index contributed by atoms with van der Waals surface area (Å²) >= 11 is 0. The molecule has 5 rings (SSSR count). The Bertz CT molecular complexity index is 1100. The monoisotopic (exact) mass is 438 g/mol. The number of carbonyl (C=O) groups is 1. The minimum absolute atomic E-state index is 0.0283. The molecule has 32 heavy (non-hydrogen) atoms. The third-order valence-electron chi connectivity index (χ3n) is 6.60. The topological polar surface area (TPSA) is 69.0 Å². The number of carbonyl (C=O) groups excluding carboxylic acids is 1. The van der Waals surface area contributed by atoms with Gasteiger partial charge in [0.25, 0.3) is 0 Å². The van der Waals surface area contributed by atoms with Gasteiger partial charge in [-0.15, -0.1) is 0 Å². The first-order valence-corrected chi connectivity index (χ1v) is 11.1. The molecule has 0 bridgehead atoms. The molecule has 2 aliphatic heterocycles. The van der Waals surface area contributed by atoms with E-state index in [0.29, 0.717) is 64.3 Å². The van der Waals surface area contributed by atoms with Crippen molar-refractivity contribution in [3.63, 3.8) is 0 Å². The van der Waals surface area contributed by atoms with Crippen LogP contribution in [0.25, 0.3) is 5.65 Å². The van der Waals surface area contributed by atoms with Crippen LogP contribution in [0.4, 0.5) is 4.39 Å². The number of ether oxygens (including phenoxy) is 2. The minimum Gasteiger partial charge on any atom is -0.381 e. The van der Waals surface area contributed by atoms with Crippen molar-refractivity contribution in [2.45, 2.75) is 24.7 Å². The van der Waals surface area contributed by atoms with E-state index in [0.717, 1.165) is 11.3 Å². The van der Waals surface area contributed by atoms with Crippen LogP contribution in [0.15, 0.2) is 49.1 Å². The first-order chi connectivity index (χ1) is 15.7. The Morgan fingerprint density at radius 1 is 1.16 bits per heavy atom. The molecule has 3 aromatic rings. The molecule has 2 aliphatic rings. The van der Waals surface area contributed by atoms with Crippen LogP contribution in [0.3, 0.4) is 0 Å². The summed E-state index contributed by atoms with van der Waals surface area (Å²) in [6, 6.07) is 6.64. The summed E-state index contributed by atoms with van der Waals surface area (Å²) < 4.78 is 28.2. The first kappa shape index (κ1) is 21.0. The van der Waals surface area contributed by atoms with Gasteiger partial charge in [-0.25, -0.2) is 9.37 Å². The van der Waals surface area contributed by atoms with Crippen LogP contribution < -0.4 is 0 Å². The molecule has 0 saturated carbocycles. The van der Waals surface area contributed by atoms with Gasteiger partial charge in [-0.2, -0.15) is 0 Å². The molecule has 1 amide bonds. The summed E-state index contributed by atoms with van der Waals surface area (Å²) in [5.74, 6) is -0.255. The van der Waals surface area contributed by atoms with E-state index in [9.17, 15) is 9.18 Å². The standard InChI is InChI=1S/C24H27FN4O3/c25-21-4-2-1-3-20(21)24(5-10-31-11-6-24)23(30)29-9-12-32-17-18(15-29)13-19-16-28-8-7-26-22(28)14-27-19/h1-4,7-8,14,16,18H,5-6,9-13,15,17H2/t18-/m0/s1. The summed E-state index contributed by atoms with van der Waals surface area (Å²) in [7, 11) is 0. The number of nitrogens with zero attached hydrogens (tertiary/aromatic N) is 4. The van der Waals surface area contributed by atoms with Gasteiger partial charge in [-0.1, -0.05) is 18.2 Å². The molecule has 0 spiro atoms. The van der Waals surface area contributed by atoms with Crippen molar-refractivity contribution in [1.29, 1.82) is 0 Å². The second kappa shape index (κ2) is 8.96. The molecule has 0 radical (unpaired) electrons. The maximum absolute atomic E-state index is 14.8. The predicted molar refractivity (Wildman–Crippen MR) is 116 cm³/mol. The van der Waals surface area contributed by atoms with Crippen LogP contribution in [0.1, 0.15) is 24.1 Å². The number of hydrogen-bond donors (Lipinski definition) is 0. The Labute approximate surface area is 186 Å². The van der Waals surface area contributed by atoms with E-state index in [4.69, 9.17) is 9.47 Å². The molecule has 1 atom stereocenters. The van der Waals surface area contributed by atoms with Gasteiger partial charge in [0, 0.05) is 56.4 Å². The highest BCUT2D eigenvalue weighted by Gasteiger charge is 2.46. The van der Waals surface area contributed by atoms with Crippen LogP contribution in [0.5, 0.6) is 0 Å². The number of halogens is 1. The fraction of sp³-hybridized carbons (Fsp3) is 0.458. The van der Waals surface area contributed by atoms with Crippen LogP contribution in [0.2, 0.25) is 0 Å². The van der Waals surface area contributed by atoms with Crippen molar-refractivity contribution in [1.82, 2.24) is 19.3 Å². The highest BCUT2D eigenvalue weighted by Crippen LogP contribution is 2.38. The van der Waals surface area contributed by atoms with E-state index in [1.807, 2.05) is 21.7 Å². The molecular formula is C24H27FN4O3. The largest absolute Gasteiger partial charge is 0.381 e. The van der Waals surface area contributed by atoms with Gasteiger partial charge in [0.15, 0.2) is 5.65 Å². The lowest BCUT2D eigenvalue weighted by atomic mass is 9.72. The summed E-state index contributed by atoms with van der Waals surface area (Å²) in [5.41, 5.74) is 1.30. The highest BCUT2D eigenvalue weighted by molar-refractivity contribution is 5.88. The van der Waals surface area contributed by atoms with Crippen molar-refractivity contribution in [2.75, 3.05) is 39.5 Å². The molecule has 168 valence electrons.